The van der Waals surface area contributed by atoms with E-state index >= 15 is 0 Å². The average molecular weight is 208 g/mol. The molecule has 1 heterocycles. The molecule has 1 saturated heterocycles. The van der Waals surface area contributed by atoms with E-state index in [0.717, 1.165) is 6.61 Å². The van der Waals surface area contributed by atoms with Gasteiger partial charge in [-0.3, -0.25) is 0 Å². The van der Waals surface area contributed by atoms with Crippen LogP contribution in [0, 0.1) is 0 Å². The fraction of sp³-hybridized carbons (Fsp3) is 0.667. The predicted molar refractivity (Wildman–Crippen MR) is 62.7 cm³/mol. The molecule has 1 unspecified atom stereocenters. The smallest absolute Gasteiger partial charge is 0.217 e. The molecule has 2 rings (SSSR count). The highest BCUT2D eigenvalue weighted by atomic mass is 28.4. The SMILES string of the molecule is C[Si]1(C2=CC=CCCC2)CCCCO1. The van der Waals surface area contributed by atoms with Gasteiger partial charge in [-0.05, 0) is 38.3 Å². The molecule has 2 aliphatic rings. The van der Waals surface area contributed by atoms with Gasteiger partial charge in [0.25, 0.3) is 0 Å². The van der Waals surface area contributed by atoms with Crippen molar-refractivity contribution in [2.24, 2.45) is 0 Å². The van der Waals surface area contributed by atoms with Crippen LogP contribution in [0.3, 0.4) is 0 Å². The third-order valence-electron chi connectivity index (χ3n) is 3.40. The molecule has 0 bridgehead atoms. The van der Waals surface area contributed by atoms with Crippen molar-refractivity contribution in [1.29, 1.82) is 0 Å². The van der Waals surface area contributed by atoms with Gasteiger partial charge >= 0.3 is 0 Å². The van der Waals surface area contributed by atoms with Crippen LogP contribution in [0.4, 0.5) is 0 Å². The van der Waals surface area contributed by atoms with Gasteiger partial charge < -0.3 is 4.43 Å². The van der Waals surface area contributed by atoms with Crippen LogP contribution in [0.2, 0.25) is 12.6 Å². The monoisotopic (exact) mass is 208 g/mol. The van der Waals surface area contributed by atoms with E-state index in [9.17, 15) is 0 Å². The number of rotatable bonds is 1. The maximum Gasteiger partial charge on any atom is 0.217 e. The zero-order valence-corrected chi connectivity index (χ0v) is 10.1. The van der Waals surface area contributed by atoms with Gasteiger partial charge in [-0.1, -0.05) is 29.8 Å². The Morgan fingerprint density at radius 1 is 1.29 bits per heavy atom. The maximum absolute atomic E-state index is 6.10. The molecule has 1 nitrogen and oxygen atoms in total. The van der Waals surface area contributed by atoms with Gasteiger partial charge in [-0.15, -0.1) is 0 Å². The van der Waals surface area contributed by atoms with Crippen molar-refractivity contribution >= 4 is 8.32 Å². The van der Waals surface area contributed by atoms with Gasteiger partial charge in [0.2, 0.25) is 8.32 Å². The van der Waals surface area contributed by atoms with Crippen LogP contribution in [-0.2, 0) is 4.43 Å². The second-order valence-corrected chi connectivity index (χ2v) is 8.44. The molecule has 1 atom stereocenters. The molecule has 1 fully saturated rings. The lowest BCUT2D eigenvalue weighted by atomic mass is 10.2. The Bertz CT molecular complexity index is 249. The van der Waals surface area contributed by atoms with Crippen molar-refractivity contribution in [1.82, 2.24) is 0 Å². The van der Waals surface area contributed by atoms with E-state index in [1.807, 2.05) is 0 Å². The van der Waals surface area contributed by atoms with Crippen molar-refractivity contribution in [3.05, 3.63) is 23.4 Å². The third kappa shape index (κ3) is 2.18. The van der Waals surface area contributed by atoms with Crippen molar-refractivity contribution in [2.45, 2.75) is 44.7 Å². The Morgan fingerprint density at radius 2 is 2.21 bits per heavy atom. The molecule has 0 aromatic heterocycles. The van der Waals surface area contributed by atoms with Gasteiger partial charge in [0.05, 0.1) is 0 Å². The molecular weight excluding hydrogens is 188 g/mol. The Morgan fingerprint density at radius 3 is 3.00 bits per heavy atom. The maximum atomic E-state index is 6.10. The van der Waals surface area contributed by atoms with E-state index in [1.54, 1.807) is 5.20 Å². The van der Waals surface area contributed by atoms with Gasteiger partial charge in [0.15, 0.2) is 0 Å². The Labute approximate surface area is 88.0 Å². The quantitative estimate of drug-likeness (QED) is 0.599. The van der Waals surface area contributed by atoms with Crippen molar-refractivity contribution in [3.63, 3.8) is 0 Å². The fourth-order valence-electron chi connectivity index (χ4n) is 2.40. The number of hydrogen-bond donors (Lipinski definition) is 0. The van der Waals surface area contributed by atoms with Gasteiger partial charge in [-0.25, -0.2) is 0 Å². The highest BCUT2D eigenvalue weighted by Crippen LogP contribution is 2.32. The third-order valence-corrected chi connectivity index (χ3v) is 7.32. The number of hydrogen-bond acceptors (Lipinski definition) is 1. The lowest BCUT2D eigenvalue weighted by Gasteiger charge is -2.33. The topological polar surface area (TPSA) is 9.23 Å². The second-order valence-electron chi connectivity index (χ2n) is 4.55. The molecule has 1 aliphatic heterocycles. The van der Waals surface area contributed by atoms with E-state index in [2.05, 4.69) is 24.8 Å². The lowest BCUT2D eigenvalue weighted by molar-refractivity contribution is 0.275. The molecule has 0 aromatic carbocycles. The molecule has 0 N–H and O–H groups in total. The first kappa shape index (κ1) is 10.2. The van der Waals surface area contributed by atoms with Crippen LogP contribution in [0.15, 0.2) is 23.4 Å². The van der Waals surface area contributed by atoms with E-state index in [-0.39, 0.29) is 0 Å². The summed E-state index contributed by atoms with van der Waals surface area (Å²) in [6.45, 7) is 3.40. The van der Waals surface area contributed by atoms with Gasteiger partial charge in [0, 0.05) is 6.61 Å². The second kappa shape index (κ2) is 4.45. The molecule has 0 radical (unpaired) electrons. The first-order valence-electron chi connectivity index (χ1n) is 5.81. The molecular formula is C12H20OSi. The Kier molecular flexibility index (Phi) is 3.24. The van der Waals surface area contributed by atoms with E-state index in [0.29, 0.717) is 0 Å². The summed E-state index contributed by atoms with van der Waals surface area (Å²) in [5.41, 5.74) is 0. The molecule has 14 heavy (non-hydrogen) atoms. The normalized spacial score (nSPS) is 33.6. The Balaban J connectivity index is 2.10. The Hall–Kier alpha value is -0.343. The van der Waals surface area contributed by atoms with Crippen LogP contribution >= 0.6 is 0 Å². The summed E-state index contributed by atoms with van der Waals surface area (Å²) >= 11 is 0. The minimum atomic E-state index is -1.46. The summed E-state index contributed by atoms with van der Waals surface area (Å²) in [4.78, 5) is 0. The van der Waals surface area contributed by atoms with E-state index < -0.39 is 8.32 Å². The predicted octanol–water partition coefficient (Wildman–Crippen LogP) is 3.58. The molecule has 0 amide bonds. The van der Waals surface area contributed by atoms with Gasteiger partial charge in [-0.2, -0.15) is 0 Å². The van der Waals surface area contributed by atoms with Crippen LogP contribution in [0.5, 0.6) is 0 Å². The summed E-state index contributed by atoms with van der Waals surface area (Å²) in [6.07, 6.45) is 13.3. The summed E-state index contributed by atoms with van der Waals surface area (Å²) in [5.74, 6) is 0. The standard InChI is InChI=1S/C12H20OSi/c1-14(11-7-6-10-13-14)12-8-4-2-3-5-9-12/h2,4,8H,3,5-7,9-11H2,1H3. The minimum absolute atomic E-state index is 1.00. The summed E-state index contributed by atoms with van der Waals surface area (Å²) in [5, 5.41) is 1.64. The summed E-state index contributed by atoms with van der Waals surface area (Å²) in [6, 6.07) is 1.34. The summed E-state index contributed by atoms with van der Waals surface area (Å²) in [7, 11) is -1.46. The summed E-state index contributed by atoms with van der Waals surface area (Å²) < 4.78 is 6.10. The molecule has 0 aromatic rings. The lowest BCUT2D eigenvalue weighted by Crippen LogP contribution is -2.40. The van der Waals surface area contributed by atoms with Gasteiger partial charge in [0.1, 0.15) is 0 Å². The van der Waals surface area contributed by atoms with E-state index in [1.165, 1.54) is 38.1 Å². The van der Waals surface area contributed by atoms with Crippen molar-refractivity contribution in [3.8, 4) is 0 Å². The molecule has 78 valence electrons. The zero-order valence-electron chi connectivity index (χ0n) is 9.09. The molecule has 2 heteroatoms. The zero-order chi connectivity index (χ0) is 9.86. The molecule has 0 spiro atoms. The van der Waals surface area contributed by atoms with Crippen molar-refractivity contribution < 1.29 is 4.43 Å². The largest absolute Gasteiger partial charge is 0.413 e. The van der Waals surface area contributed by atoms with Crippen molar-refractivity contribution in [2.75, 3.05) is 6.61 Å². The van der Waals surface area contributed by atoms with Crippen LogP contribution in [0.25, 0.3) is 0 Å². The first-order chi connectivity index (χ1) is 6.81. The van der Waals surface area contributed by atoms with E-state index in [4.69, 9.17) is 4.43 Å². The fourth-order valence-corrected chi connectivity index (χ4v) is 5.73. The molecule has 1 aliphatic carbocycles. The van der Waals surface area contributed by atoms with Crippen LogP contribution in [-0.4, -0.2) is 14.9 Å². The highest BCUT2D eigenvalue weighted by molar-refractivity contribution is 6.79. The highest BCUT2D eigenvalue weighted by Gasteiger charge is 2.34. The number of allylic oxidation sites excluding steroid dienone is 4. The minimum Gasteiger partial charge on any atom is -0.413 e. The van der Waals surface area contributed by atoms with Crippen LogP contribution in [0.1, 0.15) is 32.1 Å². The van der Waals surface area contributed by atoms with Crippen LogP contribution < -0.4 is 0 Å². The first-order valence-corrected chi connectivity index (χ1v) is 8.43. The molecule has 0 saturated carbocycles. The average Bonchev–Trinajstić information content (AvgIpc) is 2.47.